The van der Waals surface area contributed by atoms with Gasteiger partial charge in [-0.2, -0.15) is 0 Å². The smallest absolute Gasteiger partial charge is 0.410 e. The van der Waals surface area contributed by atoms with Crippen LogP contribution in [0.5, 0.6) is 0 Å². The van der Waals surface area contributed by atoms with Crippen molar-refractivity contribution in [3.63, 3.8) is 0 Å². The number of anilines is 2. The van der Waals surface area contributed by atoms with Gasteiger partial charge in [-0.15, -0.1) is 0 Å². The number of carbonyl (C=O) groups is 2. The standard InChI is InChI=1S/C16H21N3O3/c1-16(2,3)22-15(21)18-8-9-19-12-7-5-4-6-11(12)17-14(20)13(19)10-18/h4-7,13H,8-10H2,1-3H3,(H,17,20)/t13-/m0/s1. The molecular formula is C16H21N3O3. The van der Waals surface area contributed by atoms with Crippen LogP contribution in [0.15, 0.2) is 24.3 Å². The molecule has 0 unspecified atom stereocenters. The molecule has 0 aromatic heterocycles. The van der Waals surface area contributed by atoms with Gasteiger partial charge in [0, 0.05) is 13.1 Å². The summed E-state index contributed by atoms with van der Waals surface area (Å²) in [5.74, 6) is -0.0769. The molecule has 0 radical (unpaired) electrons. The Balaban J connectivity index is 1.77. The molecule has 1 aromatic carbocycles. The topological polar surface area (TPSA) is 61.9 Å². The molecule has 2 aliphatic heterocycles. The second-order valence-electron chi connectivity index (χ2n) is 6.64. The molecule has 2 amide bonds. The number of hydrogen-bond donors (Lipinski definition) is 1. The molecule has 6 heteroatoms. The fourth-order valence-electron chi connectivity index (χ4n) is 2.83. The summed E-state index contributed by atoms with van der Waals surface area (Å²) in [5.41, 5.74) is 1.31. The number of hydrogen-bond acceptors (Lipinski definition) is 4. The van der Waals surface area contributed by atoms with E-state index in [1.165, 1.54) is 0 Å². The highest BCUT2D eigenvalue weighted by atomic mass is 16.6. The largest absolute Gasteiger partial charge is 0.444 e. The molecule has 1 fully saturated rings. The van der Waals surface area contributed by atoms with E-state index < -0.39 is 5.60 Å². The lowest BCUT2D eigenvalue weighted by atomic mass is 10.1. The summed E-state index contributed by atoms with van der Waals surface area (Å²) in [6.07, 6.45) is -0.362. The zero-order chi connectivity index (χ0) is 15.9. The van der Waals surface area contributed by atoms with Gasteiger partial charge >= 0.3 is 6.09 Å². The Kier molecular flexibility index (Phi) is 3.47. The van der Waals surface area contributed by atoms with Crippen molar-refractivity contribution in [1.82, 2.24) is 4.90 Å². The Morgan fingerprint density at radius 2 is 2.00 bits per heavy atom. The van der Waals surface area contributed by atoms with E-state index in [2.05, 4.69) is 10.2 Å². The summed E-state index contributed by atoms with van der Waals surface area (Å²) < 4.78 is 5.40. The molecule has 22 heavy (non-hydrogen) atoms. The zero-order valence-corrected chi connectivity index (χ0v) is 13.1. The predicted molar refractivity (Wildman–Crippen MR) is 84.0 cm³/mol. The molecule has 0 aliphatic carbocycles. The summed E-state index contributed by atoms with van der Waals surface area (Å²) in [5, 5.41) is 2.91. The maximum absolute atomic E-state index is 12.3. The summed E-state index contributed by atoms with van der Waals surface area (Å²) in [6, 6.07) is 7.37. The molecule has 3 rings (SSSR count). The van der Waals surface area contributed by atoms with Crippen LogP contribution in [0.1, 0.15) is 20.8 Å². The number of benzene rings is 1. The number of amides is 2. The van der Waals surface area contributed by atoms with Gasteiger partial charge in [-0.1, -0.05) is 12.1 Å². The number of ether oxygens (including phenoxy) is 1. The van der Waals surface area contributed by atoms with Crippen molar-refractivity contribution < 1.29 is 14.3 Å². The molecule has 118 valence electrons. The van der Waals surface area contributed by atoms with Crippen LogP contribution < -0.4 is 10.2 Å². The first-order chi connectivity index (χ1) is 10.3. The average Bonchev–Trinajstić information content (AvgIpc) is 2.45. The van der Waals surface area contributed by atoms with Crippen molar-refractivity contribution in [2.75, 3.05) is 29.9 Å². The minimum atomic E-state index is -0.532. The fraction of sp³-hybridized carbons (Fsp3) is 0.500. The van der Waals surface area contributed by atoms with Gasteiger partial charge in [0.1, 0.15) is 11.6 Å². The third kappa shape index (κ3) is 2.73. The maximum atomic E-state index is 12.3. The molecule has 6 nitrogen and oxygen atoms in total. The van der Waals surface area contributed by atoms with E-state index >= 15 is 0 Å². The van der Waals surface area contributed by atoms with E-state index in [1.54, 1.807) is 4.90 Å². The lowest BCUT2D eigenvalue weighted by Gasteiger charge is -2.44. The van der Waals surface area contributed by atoms with Gasteiger partial charge in [0.05, 0.1) is 17.9 Å². The van der Waals surface area contributed by atoms with Gasteiger partial charge in [0.25, 0.3) is 0 Å². The van der Waals surface area contributed by atoms with Gasteiger partial charge in [0.15, 0.2) is 0 Å². The molecule has 2 aliphatic rings. The number of rotatable bonds is 0. The molecule has 0 saturated carbocycles. The highest BCUT2D eigenvalue weighted by Gasteiger charge is 2.39. The third-order valence-corrected chi connectivity index (χ3v) is 3.81. The third-order valence-electron chi connectivity index (χ3n) is 3.81. The van der Waals surface area contributed by atoms with Crippen LogP contribution in [0.3, 0.4) is 0 Å². The van der Waals surface area contributed by atoms with Crippen molar-refractivity contribution in [3.8, 4) is 0 Å². The van der Waals surface area contributed by atoms with Crippen molar-refractivity contribution in [2.45, 2.75) is 32.4 Å². The van der Waals surface area contributed by atoms with Gasteiger partial charge in [-0.25, -0.2) is 4.79 Å². The number of para-hydroxylation sites is 2. The zero-order valence-electron chi connectivity index (χ0n) is 13.1. The first-order valence-electron chi connectivity index (χ1n) is 7.49. The first-order valence-corrected chi connectivity index (χ1v) is 7.49. The average molecular weight is 303 g/mol. The molecule has 1 saturated heterocycles. The van der Waals surface area contributed by atoms with E-state index in [9.17, 15) is 9.59 Å². The van der Waals surface area contributed by atoms with E-state index in [0.29, 0.717) is 19.6 Å². The minimum absolute atomic E-state index is 0.0769. The van der Waals surface area contributed by atoms with Gasteiger partial charge < -0.3 is 19.9 Å². The second-order valence-corrected chi connectivity index (χ2v) is 6.64. The number of nitrogens with one attached hydrogen (secondary N) is 1. The van der Waals surface area contributed by atoms with Crippen LogP contribution in [0.2, 0.25) is 0 Å². The quantitative estimate of drug-likeness (QED) is 0.797. The molecule has 1 N–H and O–H groups in total. The Labute approximate surface area is 130 Å². The van der Waals surface area contributed by atoms with Crippen LogP contribution in [-0.4, -0.2) is 48.2 Å². The van der Waals surface area contributed by atoms with Gasteiger partial charge in [-0.3, -0.25) is 4.79 Å². The first kappa shape index (κ1) is 14.7. The van der Waals surface area contributed by atoms with Crippen LogP contribution in [-0.2, 0) is 9.53 Å². The van der Waals surface area contributed by atoms with Crippen LogP contribution in [0.4, 0.5) is 16.2 Å². The fourth-order valence-corrected chi connectivity index (χ4v) is 2.83. The normalized spacial score (nSPS) is 20.9. The van der Waals surface area contributed by atoms with Crippen molar-refractivity contribution >= 4 is 23.4 Å². The Hall–Kier alpha value is -2.24. The molecule has 0 bridgehead atoms. The van der Waals surface area contributed by atoms with Gasteiger partial charge in [-0.05, 0) is 32.9 Å². The molecule has 1 atom stereocenters. The van der Waals surface area contributed by atoms with Crippen molar-refractivity contribution in [1.29, 1.82) is 0 Å². The highest BCUT2D eigenvalue weighted by molar-refractivity contribution is 6.04. The summed E-state index contributed by atoms with van der Waals surface area (Å²) in [7, 11) is 0. The predicted octanol–water partition coefficient (Wildman–Crippen LogP) is 2.06. The Morgan fingerprint density at radius 1 is 1.27 bits per heavy atom. The van der Waals surface area contributed by atoms with E-state index in [-0.39, 0.29) is 18.0 Å². The number of fused-ring (bicyclic) bond motifs is 3. The van der Waals surface area contributed by atoms with Crippen LogP contribution >= 0.6 is 0 Å². The lowest BCUT2D eigenvalue weighted by Crippen LogP contribution is -2.61. The number of piperazine rings is 1. The monoisotopic (exact) mass is 303 g/mol. The van der Waals surface area contributed by atoms with Crippen LogP contribution in [0.25, 0.3) is 0 Å². The Morgan fingerprint density at radius 3 is 2.73 bits per heavy atom. The summed E-state index contributed by atoms with van der Waals surface area (Å²) >= 11 is 0. The summed E-state index contributed by atoms with van der Waals surface area (Å²) in [4.78, 5) is 28.2. The molecule has 0 spiro atoms. The summed E-state index contributed by atoms with van der Waals surface area (Å²) in [6.45, 7) is 7.02. The van der Waals surface area contributed by atoms with E-state index in [1.807, 2.05) is 45.0 Å². The van der Waals surface area contributed by atoms with Crippen molar-refractivity contribution in [2.24, 2.45) is 0 Å². The van der Waals surface area contributed by atoms with E-state index in [0.717, 1.165) is 11.4 Å². The lowest BCUT2D eigenvalue weighted by molar-refractivity contribution is -0.118. The number of carbonyl (C=O) groups excluding carboxylic acids is 2. The van der Waals surface area contributed by atoms with Gasteiger partial charge in [0.2, 0.25) is 5.91 Å². The molecule has 1 aromatic rings. The minimum Gasteiger partial charge on any atom is -0.444 e. The molecule has 2 heterocycles. The van der Waals surface area contributed by atoms with Crippen LogP contribution in [0, 0.1) is 0 Å². The number of nitrogens with zero attached hydrogens (tertiary/aromatic N) is 2. The van der Waals surface area contributed by atoms with E-state index in [4.69, 9.17) is 4.74 Å². The highest BCUT2D eigenvalue weighted by Crippen LogP contribution is 2.33. The molecular weight excluding hydrogens is 282 g/mol. The second kappa shape index (κ2) is 5.19. The van der Waals surface area contributed by atoms with Crippen molar-refractivity contribution in [3.05, 3.63) is 24.3 Å². The Bertz CT molecular complexity index is 609. The SMILES string of the molecule is CC(C)(C)OC(=O)N1CCN2c3ccccc3NC(=O)[C@@H]2C1. The maximum Gasteiger partial charge on any atom is 0.410 e.